The first-order chi connectivity index (χ1) is 9.20. The highest BCUT2D eigenvalue weighted by Crippen LogP contribution is 2.17. The molecule has 5 nitrogen and oxygen atoms in total. The first-order valence-electron chi connectivity index (χ1n) is 6.49. The monoisotopic (exact) mass is 283 g/mol. The third-order valence-corrected chi connectivity index (χ3v) is 3.28. The van der Waals surface area contributed by atoms with Crippen LogP contribution in [0.5, 0.6) is 0 Å². The minimum absolute atomic E-state index is 0.141. The number of carbonyl (C=O) groups excluding carboxylic acids is 1. The van der Waals surface area contributed by atoms with Crippen LogP contribution in [0, 0.1) is 0 Å². The zero-order valence-electron chi connectivity index (χ0n) is 10.9. The fourth-order valence-electron chi connectivity index (χ4n) is 1.98. The lowest BCUT2D eigenvalue weighted by Crippen LogP contribution is -2.39. The molecule has 2 rings (SSSR count). The summed E-state index contributed by atoms with van der Waals surface area (Å²) >= 11 is 6.03. The van der Waals surface area contributed by atoms with E-state index in [1.54, 1.807) is 12.1 Å². The van der Waals surface area contributed by atoms with Crippen LogP contribution >= 0.6 is 11.6 Å². The molecule has 0 unspecified atom stereocenters. The van der Waals surface area contributed by atoms with Gasteiger partial charge in [-0.25, -0.2) is 4.98 Å². The van der Waals surface area contributed by atoms with Gasteiger partial charge in [-0.05, 0) is 31.9 Å². The molecule has 0 spiro atoms. The summed E-state index contributed by atoms with van der Waals surface area (Å²) in [5.74, 6) is 0.431. The van der Waals surface area contributed by atoms with Crippen molar-refractivity contribution in [3.63, 3.8) is 0 Å². The Hall–Kier alpha value is -1.33. The summed E-state index contributed by atoms with van der Waals surface area (Å²) in [7, 11) is 0. The van der Waals surface area contributed by atoms with Crippen LogP contribution in [0.2, 0.25) is 5.02 Å². The molecule has 6 heteroatoms. The summed E-state index contributed by atoms with van der Waals surface area (Å²) in [5, 5.41) is 6.38. The lowest BCUT2D eigenvalue weighted by atomic mass is 10.1. The van der Waals surface area contributed by atoms with E-state index >= 15 is 0 Å². The largest absolute Gasteiger partial charge is 0.381 e. The zero-order valence-corrected chi connectivity index (χ0v) is 11.7. The predicted molar refractivity (Wildman–Crippen MR) is 74.7 cm³/mol. The van der Waals surface area contributed by atoms with Gasteiger partial charge in [0.25, 0.3) is 5.91 Å². The molecule has 1 saturated heterocycles. The highest BCUT2D eigenvalue weighted by Gasteiger charge is 2.19. The molecule has 1 aliphatic heterocycles. The Kier molecular flexibility index (Phi) is 4.99. The lowest BCUT2D eigenvalue weighted by Gasteiger charge is -2.23. The van der Waals surface area contributed by atoms with Gasteiger partial charge in [-0.3, -0.25) is 4.79 Å². The van der Waals surface area contributed by atoms with Crippen LogP contribution in [-0.4, -0.2) is 36.7 Å². The van der Waals surface area contributed by atoms with Crippen molar-refractivity contribution in [2.45, 2.75) is 25.8 Å². The molecule has 0 atom stereocenters. The second kappa shape index (κ2) is 6.73. The molecule has 19 heavy (non-hydrogen) atoms. The maximum Gasteiger partial charge on any atom is 0.271 e. The van der Waals surface area contributed by atoms with E-state index in [4.69, 9.17) is 16.3 Å². The molecule has 1 aromatic rings. The van der Waals surface area contributed by atoms with E-state index in [2.05, 4.69) is 15.6 Å². The van der Waals surface area contributed by atoms with E-state index in [1.165, 1.54) is 0 Å². The van der Waals surface area contributed by atoms with Crippen molar-refractivity contribution < 1.29 is 9.53 Å². The molecule has 1 amide bonds. The average molecular weight is 284 g/mol. The molecule has 0 radical (unpaired) electrons. The first kappa shape index (κ1) is 14.1. The summed E-state index contributed by atoms with van der Waals surface area (Å²) in [6.45, 7) is 4.08. The van der Waals surface area contributed by atoms with Gasteiger partial charge < -0.3 is 15.4 Å². The number of ether oxygens (including phenoxy) is 1. The number of hydrogen-bond acceptors (Lipinski definition) is 4. The molecule has 2 N–H and O–H groups in total. The fraction of sp³-hybridized carbons (Fsp3) is 0.538. The third kappa shape index (κ3) is 3.81. The minimum Gasteiger partial charge on any atom is -0.381 e. The van der Waals surface area contributed by atoms with Gasteiger partial charge in [-0.15, -0.1) is 0 Å². The lowest BCUT2D eigenvalue weighted by molar-refractivity contribution is 0.0694. The van der Waals surface area contributed by atoms with Crippen LogP contribution in [0.25, 0.3) is 0 Å². The van der Waals surface area contributed by atoms with Crippen molar-refractivity contribution in [3.05, 3.63) is 22.8 Å². The quantitative estimate of drug-likeness (QED) is 0.888. The standard InChI is InChI=1S/C13H18ClN3O2/c1-2-15-11-4-3-10(14)12(17-11)13(18)16-9-5-7-19-8-6-9/h3-4,9H,2,5-8H2,1H3,(H,15,17)(H,16,18). The second-order valence-electron chi connectivity index (χ2n) is 4.42. The zero-order chi connectivity index (χ0) is 13.7. The van der Waals surface area contributed by atoms with Gasteiger partial charge in [0, 0.05) is 25.8 Å². The number of pyridine rings is 1. The number of aromatic nitrogens is 1. The second-order valence-corrected chi connectivity index (χ2v) is 4.82. The fourth-order valence-corrected chi connectivity index (χ4v) is 2.17. The van der Waals surface area contributed by atoms with E-state index in [9.17, 15) is 4.79 Å². The van der Waals surface area contributed by atoms with Gasteiger partial charge in [-0.2, -0.15) is 0 Å². The predicted octanol–water partition coefficient (Wildman–Crippen LogP) is 2.08. The molecule has 0 bridgehead atoms. The van der Waals surface area contributed by atoms with E-state index in [-0.39, 0.29) is 17.6 Å². The number of nitrogens with one attached hydrogen (secondary N) is 2. The highest BCUT2D eigenvalue weighted by atomic mass is 35.5. The Morgan fingerprint density at radius 2 is 2.21 bits per heavy atom. The Morgan fingerprint density at radius 3 is 2.89 bits per heavy atom. The van der Waals surface area contributed by atoms with Crippen LogP contribution < -0.4 is 10.6 Å². The maximum absolute atomic E-state index is 12.2. The Morgan fingerprint density at radius 1 is 1.47 bits per heavy atom. The van der Waals surface area contributed by atoms with Gasteiger partial charge in [-0.1, -0.05) is 11.6 Å². The topological polar surface area (TPSA) is 63.2 Å². The van der Waals surface area contributed by atoms with Crippen molar-refractivity contribution >= 4 is 23.3 Å². The summed E-state index contributed by atoms with van der Waals surface area (Å²) in [6, 6.07) is 3.59. The maximum atomic E-state index is 12.2. The van der Waals surface area contributed by atoms with Gasteiger partial charge in [0.1, 0.15) is 11.5 Å². The third-order valence-electron chi connectivity index (χ3n) is 2.98. The molecule has 1 fully saturated rings. The van der Waals surface area contributed by atoms with E-state index in [1.807, 2.05) is 6.92 Å². The minimum atomic E-state index is -0.225. The van der Waals surface area contributed by atoms with E-state index < -0.39 is 0 Å². The SMILES string of the molecule is CCNc1ccc(Cl)c(C(=O)NC2CCOCC2)n1. The Bertz CT molecular complexity index is 448. The molecular weight excluding hydrogens is 266 g/mol. The molecule has 1 aliphatic rings. The van der Waals surface area contributed by atoms with Crippen LogP contribution in [0.15, 0.2) is 12.1 Å². The molecule has 1 aromatic heterocycles. The summed E-state index contributed by atoms with van der Waals surface area (Å²) in [6.07, 6.45) is 1.66. The first-order valence-corrected chi connectivity index (χ1v) is 6.87. The molecule has 0 aliphatic carbocycles. The van der Waals surface area contributed by atoms with E-state index in [0.29, 0.717) is 24.1 Å². The number of amides is 1. The summed E-state index contributed by atoms with van der Waals surface area (Å²) in [4.78, 5) is 16.4. The van der Waals surface area contributed by atoms with Crippen molar-refractivity contribution in [1.82, 2.24) is 10.3 Å². The van der Waals surface area contributed by atoms with Gasteiger partial charge in [0.15, 0.2) is 0 Å². The van der Waals surface area contributed by atoms with Crippen LogP contribution in [0.1, 0.15) is 30.3 Å². The average Bonchev–Trinajstić information content (AvgIpc) is 2.42. The number of carbonyl (C=O) groups is 1. The van der Waals surface area contributed by atoms with Crippen LogP contribution in [0.3, 0.4) is 0 Å². The smallest absolute Gasteiger partial charge is 0.271 e. The number of hydrogen-bond donors (Lipinski definition) is 2. The summed E-state index contributed by atoms with van der Waals surface area (Å²) < 4.78 is 5.26. The molecule has 104 valence electrons. The van der Waals surface area contributed by atoms with Gasteiger partial charge in [0.05, 0.1) is 5.02 Å². The van der Waals surface area contributed by atoms with Gasteiger partial charge >= 0.3 is 0 Å². The highest BCUT2D eigenvalue weighted by molar-refractivity contribution is 6.33. The normalized spacial score (nSPS) is 16.1. The molecule has 0 aromatic carbocycles. The molecular formula is C13H18ClN3O2. The van der Waals surface area contributed by atoms with Crippen molar-refractivity contribution in [2.75, 3.05) is 25.1 Å². The molecule has 2 heterocycles. The van der Waals surface area contributed by atoms with Crippen molar-refractivity contribution in [2.24, 2.45) is 0 Å². The number of halogens is 1. The number of nitrogens with zero attached hydrogens (tertiary/aromatic N) is 1. The number of rotatable bonds is 4. The Balaban J connectivity index is 2.06. The van der Waals surface area contributed by atoms with Gasteiger partial charge in [0.2, 0.25) is 0 Å². The van der Waals surface area contributed by atoms with Crippen LogP contribution in [-0.2, 0) is 4.74 Å². The summed E-state index contributed by atoms with van der Waals surface area (Å²) in [5.41, 5.74) is 0.270. The van der Waals surface area contributed by atoms with Crippen molar-refractivity contribution in [3.8, 4) is 0 Å². The molecule has 0 saturated carbocycles. The van der Waals surface area contributed by atoms with E-state index in [0.717, 1.165) is 19.4 Å². The van der Waals surface area contributed by atoms with Crippen LogP contribution in [0.4, 0.5) is 5.82 Å². The Labute approximate surface area is 117 Å². The van der Waals surface area contributed by atoms with Crippen molar-refractivity contribution in [1.29, 1.82) is 0 Å². The number of anilines is 1.